The highest BCUT2D eigenvalue weighted by molar-refractivity contribution is 6.02. The average molecular weight is 353 g/mol. The summed E-state index contributed by atoms with van der Waals surface area (Å²) in [4.78, 5) is 20.4. The summed E-state index contributed by atoms with van der Waals surface area (Å²) in [5.41, 5.74) is 1.33. The molecule has 134 valence electrons. The Bertz CT molecular complexity index is 894. The van der Waals surface area contributed by atoms with E-state index in [0.29, 0.717) is 23.9 Å². The van der Waals surface area contributed by atoms with Gasteiger partial charge in [-0.05, 0) is 25.0 Å². The van der Waals surface area contributed by atoms with E-state index >= 15 is 0 Å². The third-order valence-corrected chi connectivity index (χ3v) is 3.66. The number of carbonyl (C=O) groups excluding carboxylic acids is 1. The number of para-hydroxylation sites is 1. The maximum absolute atomic E-state index is 12.2. The highest BCUT2D eigenvalue weighted by Gasteiger charge is 2.11. The van der Waals surface area contributed by atoms with E-state index in [2.05, 4.69) is 25.8 Å². The molecule has 8 nitrogen and oxygen atoms in total. The van der Waals surface area contributed by atoms with Crippen molar-refractivity contribution in [3.63, 3.8) is 0 Å². The second kappa shape index (κ2) is 8.11. The van der Waals surface area contributed by atoms with Crippen molar-refractivity contribution >= 4 is 17.5 Å². The molecule has 2 N–H and O–H groups in total. The Hall–Kier alpha value is -3.42. The van der Waals surface area contributed by atoms with Gasteiger partial charge in [-0.2, -0.15) is 0 Å². The molecule has 0 aliphatic heterocycles. The topological polar surface area (TPSA) is 102 Å². The van der Waals surface area contributed by atoms with Gasteiger partial charge in [-0.1, -0.05) is 23.4 Å². The zero-order valence-electron chi connectivity index (χ0n) is 14.5. The Morgan fingerprint density at radius 3 is 2.81 bits per heavy atom. The van der Waals surface area contributed by atoms with Gasteiger partial charge >= 0.3 is 0 Å². The van der Waals surface area contributed by atoms with Crippen LogP contribution in [0.2, 0.25) is 0 Å². The SMILES string of the molecule is COc1ccccc1CCNc1cc(C(=O)Nc2cc(C)on2)ncn1. The number of nitrogens with one attached hydrogen (secondary N) is 2. The van der Waals surface area contributed by atoms with E-state index in [1.54, 1.807) is 26.2 Å². The largest absolute Gasteiger partial charge is 0.496 e. The number of aryl methyl sites for hydroxylation is 1. The predicted molar refractivity (Wildman–Crippen MR) is 96.4 cm³/mol. The van der Waals surface area contributed by atoms with Gasteiger partial charge in [0.15, 0.2) is 5.82 Å². The van der Waals surface area contributed by atoms with Crippen molar-refractivity contribution in [3.05, 3.63) is 59.7 Å². The van der Waals surface area contributed by atoms with E-state index in [0.717, 1.165) is 17.7 Å². The van der Waals surface area contributed by atoms with Gasteiger partial charge in [0.2, 0.25) is 0 Å². The summed E-state index contributed by atoms with van der Waals surface area (Å²) >= 11 is 0. The molecule has 0 fully saturated rings. The van der Waals surface area contributed by atoms with Crippen LogP contribution in [0.5, 0.6) is 5.75 Å². The van der Waals surface area contributed by atoms with Crippen molar-refractivity contribution in [2.24, 2.45) is 0 Å². The Balaban J connectivity index is 1.59. The molecule has 0 saturated heterocycles. The number of rotatable bonds is 7. The van der Waals surface area contributed by atoms with Crippen molar-refractivity contribution in [3.8, 4) is 5.75 Å². The average Bonchev–Trinajstić information content (AvgIpc) is 3.07. The number of amides is 1. The van der Waals surface area contributed by atoms with Gasteiger partial charge in [0.1, 0.15) is 29.3 Å². The Morgan fingerprint density at radius 1 is 1.19 bits per heavy atom. The van der Waals surface area contributed by atoms with Crippen molar-refractivity contribution < 1.29 is 14.1 Å². The van der Waals surface area contributed by atoms with Crippen molar-refractivity contribution in [1.29, 1.82) is 0 Å². The highest BCUT2D eigenvalue weighted by atomic mass is 16.5. The quantitative estimate of drug-likeness (QED) is 0.673. The zero-order valence-corrected chi connectivity index (χ0v) is 14.5. The van der Waals surface area contributed by atoms with Gasteiger partial charge in [-0.25, -0.2) is 9.97 Å². The second-order valence-electron chi connectivity index (χ2n) is 5.55. The van der Waals surface area contributed by atoms with Gasteiger partial charge in [0.05, 0.1) is 7.11 Å². The van der Waals surface area contributed by atoms with Crippen LogP contribution in [0, 0.1) is 6.92 Å². The number of ether oxygens (including phenoxy) is 1. The number of hydrogen-bond acceptors (Lipinski definition) is 7. The second-order valence-corrected chi connectivity index (χ2v) is 5.55. The lowest BCUT2D eigenvalue weighted by molar-refractivity contribution is 0.102. The molecular weight excluding hydrogens is 334 g/mol. The zero-order chi connectivity index (χ0) is 18.4. The van der Waals surface area contributed by atoms with Gasteiger partial charge in [0.25, 0.3) is 5.91 Å². The van der Waals surface area contributed by atoms with Crippen LogP contribution in [0.3, 0.4) is 0 Å². The minimum Gasteiger partial charge on any atom is -0.496 e. The summed E-state index contributed by atoms with van der Waals surface area (Å²) in [6.07, 6.45) is 2.10. The molecule has 0 saturated carbocycles. The molecule has 1 amide bonds. The van der Waals surface area contributed by atoms with Crippen molar-refractivity contribution in [1.82, 2.24) is 15.1 Å². The standard InChI is InChI=1S/C18H19N5O3/c1-12-9-17(23-26-12)22-18(24)14-10-16(21-11-20-14)19-8-7-13-5-3-4-6-15(13)25-2/h3-6,9-11H,7-8H2,1-2H3,(H,19,20,21)(H,22,23,24). The summed E-state index contributed by atoms with van der Waals surface area (Å²) < 4.78 is 10.3. The van der Waals surface area contributed by atoms with Crippen LogP contribution in [0.25, 0.3) is 0 Å². The third-order valence-electron chi connectivity index (χ3n) is 3.66. The van der Waals surface area contributed by atoms with E-state index < -0.39 is 0 Å². The maximum atomic E-state index is 12.2. The van der Waals surface area contributed by atoms with Crippen LogP contribution in [-0.2, 0) is 6.42 Å². The number of benzene rings is 1. The molecular formula is C18H19N5O3. The van der Waals surface area contributed by atoms with Crippen LogP contribution >= 0.6 is 0 Å². The lowest BCUT2D eigenvalue weighted by Crippen LogP contribution is -2.15. The van der Waals surface area contributed by atoms with Crippen LogP contribution in [-0.4, -0.2) is 34.7 Å². The molecule has 3 aromatic rings. The van der Waals surface area contributed by atoms with Crippen LogP contribution in [0.1, 0.15) is 21.8 Å². The summed E-state index contributed by atoms with van der Waals surface area (Å²) in [6.45, 7) is 2.39. The fourth-order valence-electron chi connectivity index (χ4n) is 2.42. The Morgan fingerprint density at radius 2 is 2.04 bits per heavy atom. The number of methoxy groups -OCH3 is 1. The van der Waals surface area contributed by atoms with Crippen molar-refractivity contribution in [2.45, 2.75) is 13.3 Å². The summed E-state index contributed by atoms with van der Waals surface area (Å²) in [5.74, 6) is 1.99. The van der Waals surface area contributed by atoms with Crippen molar-refractivity contribution in [2.75, 3.05) is 24.3 Å². The highest BCUT2D eigenvalue weighted by Crippen LogP contribution is 2.18. The molecule has 3 rings (SSSR count). The molecule has 8 heteroatoms. The molecule has 0 aliphatic carbocycles. The first-order valence-electron chi connectivity index (χ1n) is 8.08. The molecule has 2 aromatic heterocycles. The van der Waals surface area contributed by atoms with E-state index in [9.17, 15) is 4.79 Å². The number of aromatic nitrogens is 3. The van der Waals surface area contributed by atoms with E-state index in [-0.39, 0.29) is 11.6 Å². The summed E-state index contributed by atoms with van der Waals surface area (Å²) in [5, 5.41) is 9.54. The first-order chi connectivity index (χ1) is 12.7. The lowest BCUT2D eigenvalue weighted by atomic mass is 10.1. The van der Waals surface area contributed by atoms with Gasteiger partial charge in [0, 0.05) is 18.7 Å². The molecule has 26 heavy (non-hydrogen) atoms. The molecule has 0 spiro atoms. The smallest absolute Gasteiger partial charge is 0.275 e. The van der Waals surface area contributed by atoms with Crippen LogP contribution in [0.15, 0.2) is 47.2 Å². The van der Waals surface area contributed by atoms with E-state index in [4.69, 9.17) is 9.26 Å². The first kappa shape index (κ1) is 17.4. The minimum absolute atomic E-state index is 0.237. The Kier molecular flexibility index (Phi) is 5.43. The molecule has 1 aromatic carbocycles. The Labute approximate surface area is 150 Å². The number of nitrogens with zero attached hydrogens (tertiary/aromatic N) is 3. The fourth-order valence-corrected chi connectivity index (χ4v) is 2.42. The van der Waals surface area contributed by atoms with E-state index in [1.165, 1.54) is 6.33 Å². The number of hydrogen-bond donors (Lipinski definition) is 2. The fraction of sp³-hybridized carbons (Fsp3) is 0.222. The first-order valence-corrected chi connectivity index (χ1v) is 8.08. The molecule has 0 bridgehead atoms. The number of carbonyl (C=O) groups is 1. The van der Waals surface area contributed by atoms with Gasteiger partial charge in [-0.3, -0.25) is 4.79 Å². The number of anilines is 2. The molecule has 0 unspecified atom stereocenters. The monoisotopic (exact) mass is 353 g/mol. The van der Waals surface area contributed by atoms with Gasteiger partial charge in [-0.15, -0.1) is 0 Å². The molecule has 2 heterocycles. The van der Waals surface area contributed by atoms with Gasteiger partial charge < -0.3 is 19.9 Å². The summed E-state index contributed by atoms with van der Waals surface area (Å²) in [6, 6.07) is 11.1. The predicted octanol–water partition coefficient (Wildman–Crippen LogP) is 2.69. The lowest BCUT2D eigenvalue weighted by Gasteiger charge is -2.09. The third kappa shape index (κ3) is 4.35. The molecule has 0 radical (unpaired) electrons. The van der Waals surface area contributed by atoms with Crippen LogP contribution in [0.4, 0.5) is 11.6 Å². The van der Waals surface area contributed by atoms with E-state index in [1.807, 2.05) is 24.3 Å². The molecule has 0 atom stereocenters. The molecule has 0 aliphatic rings. The van der Waals surface area contributed by atoms with Crippen LogP contribution < -0.4 is 15.4 Å². The maximum Gasteiger partial charge on any atom is 0.275 e. The summed E-state index contributed by atoms with van der Waals surface area (Å²) in [7, 11) is 1.65. The normalized spacial score (nSPS) is 10.4. The minimum atomic E-state index is -0.381.